The predicted octanol–water partition coefficient (Wildman–Crippen LogP) is 2.26. The average molecular weight is 408 g/mol. The normalized spacial score (nSPS) is 12.0. The van der Waals surface area contributed by atoms with Gasteiger partial charge >= 0.3 is 0 Å². The van der Waals surface area contributed by atoms with Crippen molar-refractivity contribution in [1.29, 1.82) is 0 Å². The Bertz CT molecular complexity index is 1140. The topological polar surface area (TPSA) is 120 Å². The molecule has 0 radical (unpaired) electrons. The summed E-state index contributed by atoms with van der Waals surface area (Å²) in [5.41, 5.74) is 3.29. The van der Waals surface area contributed by atoms with E-state index < -0.39 is 0 Å². The fourth-order valence-corrected chi connectivity index (χ4v) is 3.12. The van der Waals surface area contributed by atoms with Gasteiger partial charge in [0.05, 0.1) is 17.9 Å². The molecular weight excluding hydrogens is 388 g/mol. The van der Waals surface area contributed by atoms with Crippen molar-refractivity contribution < 1.29 is 19.1 Å². The maximum Gasteiger partial charge on any atom is 0.243 e. The first kappa shape index (κ1) is 19.4. The maximum absolute atomic E-state index is 12.5. The molecular formula is C20H20N6O4. The summed E-state index contributed by atoms with van der Waals surface area (Å²) in [4.78, 5) is 24.5. The highest BCUT2D eigenvalue weighted by Gasteiger charge is 2.20. The number of ether oxygens (including phenoxy) is 2. The Morgan fingerprint density at radius 1 is 1.13 bits per heavy atom. The summed E-state index contributed by atoms with van der Waals surface area (Å²) in [6.07, 6.45) is 0. The van der Waals surface area contributed by atoms with E-state index in [1.54, 1.807) is 16.8 Å². The molecule has 0 saturated heterocycles. The van der Waals surface area contributed by atoms with E-state index in [9.17, 15) is 9.59 Å². The standard InChI is InChI=1S/C20H20N6O4/c1-11-4-5-14(6-17(11)26-13(3)23-24-25-26)21-9-20(28)22-16-8-19-18(29-10-30-19)7-15(16)12(2)27/h4-8,21H,9-10H2,1-3H3,(H,22,28). The van der Waals surface area contributed by atoms with Crippen molar-refractivity contribution in [2.24, 2.45) is 0 Å². The Kier molecular flexibility index (Phi) is 5.05. The molecule has 0 saturated carbocycles. The van der Waals surface area contributed by atoms with Gasteiger partial charge in [0.25, 0.3) is 0 Å². The number of anilines is 2. The molecule has 4 rings (SSSR count). The van der Waals surface area contributed by atoms with Crippen molar-refractivity contribution in [2.75, 3.05) is 24.0 Å². The Balaban J connectivity index is 1.47. The van der Waals surface area contributed by atoms with Crippen LogP contribution in [0.25, 0.3) is 5.69 Å². The van der Waals surface area contributed by atoms with Crippen LogP contribution in [0.4, 0.5) is 11.4 Å². The van der Waals surface area contributed by atoms with Gasteiger partial charge in [-0.25, -0.2) is 0 Å². The van der Waals surface area contributed by atoms with E-state index in [4.69, 9.17) is 9.47 Å². The van der Waals surface area contributed by atoms with Crippen molar-refractivity contribution in [3.63, 3.8) is 0 Å². The molecule has 0 aliphatic carbocycles. The molecule has 2 heterocycles. The SMILES string of the molecule is CC(=O)c1cc2c(cc1NC(=O)CNc1ccc(C)c(-n3nnnc3C)c1)OCO2. The number of carbonyl (C=O) groups is 2. The van der Waals surface area contributed by atoms with Crippen LogP contribution in [0.1, 0.15) is 28.7 Å². The molecule has 0 fully saturated rings. The molecule has 0 atom stereocenters. The Morgan fingerprint density at radius 2 is 1.90 bits per heavy atom. The second-order valence-electron chi connectivity index (χ2n) is 6.85. The molecule has 1 aliphatic rings. The lowest BCUT2D eigenvalue weighted by Crippen LogP contribution is -2.23. The first-order valence-corrected chi connectivity index (χ1v) is 9.26. The molecule has 30 heavy (non-hydrogen) atoms. The van der Waals surface area contributed by atoms with E-state index in [-0.39, 0.29) is 25.0 Å². The summed E-state index contributed by atoms with van der Waals surface area (Å²) in [5.74, 6) is 1.14. The predicted molar refractivity (Wildman–Crippen MR) is 108 cm³/mol. The maximum atomic E-state index is 12.5. The van der Waals surface area contributed by atoms with Crippen LogP contribution in [0.3, 0.4) is 0 Å². The number of benzene rings is 2. The van der Waals surface area contributed by atoms with Gasteiger partial charge in [0.1, 0.15) is 0 Å². The van der Waals surface area contributed by atoms with Crippen LogP contribution in [0, 0.1) is 13.8 Å². The number of Topliss-reactive ketones (excluding diaryl/α,β-unsaturated/α-hetero) is 1. The van der Waals surface area contributed by atoms with E-state index >= 15 is 0 Å². The van der Waals surface area contributed by atoms with Gasteiger partial charge in [-0.05, 0) is 55.0 Å². The Morgan fingerprint density at radius 3 is 2.60 bits per heavy atom. The number of aryl methyl sites for hydroxylation is 2. The summed E-state index contributed by atoms with van der Waals surface area (Å²) >= 11 is 0. The number of fused-ring (bicyclic) bond motifs is 1. The summed E-state index contributed by atoms with van der Waals surface area (Å²) in [6, 6.07) is 8.83. The van der Waals surface area contributed by atoms with Crippen LogP contribution in [-0.2, 0) is 4.79 Å². The summed E-state index contributed by atoms with van der Waals surface area (Å²) in [7, 11) is 0. The molecule has 0 bridgehead atoms. The highest BCUT2D eigenvalue weighted by molar-refractivity contribution is 6.05. The average Bonchev–Trinajstić information content (AvgIpc) is 3.35. The molecule has 2 N–H and O–H groups in total. The number of aromatic nitrogens is 4. The van der Waals surface area contributed by atoms with E-state index in [1.165, 1.54) is 6.92 Å². The second-order valence-corrected chi connectivity index (χ2v) is 6.85. The first-order chi connectivity index (χ1) is 14.4. The molecule has 0 unspecified atom stereocenters. The third-order valence-corrected chi connectivity index (χ3v) is 4.68. The molecule has 154 valence electrons. The lowest BCUT2D eigenvalue weighted by molar-refractivity contribution is -0.114. The third kappa shape index (κ3) is 3.79. The zero-order valence-electron chi connectivity index (χ0n) is 16.7. The first-order valence-electron chi connectivity index (χ1n) is 9.26. The van der Waals surface area contributed by atoms with Gasteiger partial charge in [0, 0.05) is 17.3 Å². The van der Waals surface area contributed by atoms with Gasteiger partial charge in [-0.2, -0.15) is 4.68 Å². The fourth-order valence-electron chi connectivity index (χ4n) is 3.12. The number of tetrazole rings is 1. The number of hydrogen-bond donors (Lipinski definition) is 2. The van der Waals surface area contributed by atoms with Crippen LogP contribution >= 0.6 is 0 Å². The number of carbonyl (C=O) groups excluding carboxylic acids is 2. The minimum absolute atomic E-state index is 0.00285. The Labute approximate surface area is 172 Å². The Hall–Kier alpha value is -3.95. The van der Waals surface area contributed by atoms with Crippen molar-refractivity contribution >= 4 is 23.1 Å². The van der Waals surface area contributed by atoms with Gasteiger partial charge < -0.3 is 20.1 Å². The summed E-state index contributed by atoms with van der Waals surface area (Å²) in [5, 5.41) is 17.4. The summed E-state index contributed by atoms with van der Waals surface area (Å²) < 4.78 is 12.3. The van der Waals surface area contributed by atoms with Crippen LogP contribution in [0.5, 0.6) is 11.5 Å². The smallest absolute Gasteiger partial charge is 0.243 e. The molecule has 0 spiro atoms. The lowest BCUT2D eigenvalue weighted by Gasteiger charge is -2.13. The number of amides is 1. The molecule has 10 heteroatoms. The fraction of sp³-hybridized carbons (Fsp3) is 0.250. The minimum Gasteiger partial charge on any atom is -0.454 e. The molecule has 1 amide bonds. The minimum atomic E-state index is -0.308. The van der Waals surface area contributed by atoms with E-state index in [0.717, 1.165) is 16.9 Å². The monoisotopic (exact) mass is 408 g/mol. The molecule has 10 nitrogen and oxygen atoms in total. The van der Waals surface area contributed by atoms with Gasteiger partial charge in [-0.3, -0.25) is 9.59 Å². The van der Waals surface area contributed by atoms with Crippen LogP contribution in [-0.4, -0.2) is 45.2 Å². The van der Waals surface area contributed by atoms with E-state index in [0.29, 0.717) is 28.6 Å². The van der Waals surface area contributed by atoms with Crippen LogP contribution in [0.15, 0.2) is 30.3 Å². The number of nitrogens with one attached hydrogen (secondary N) is 2. The largest absolute Gasteiger partial charge is 0.454 e. The number of hydrogen-bond acceptors (Lipinski definition) is 8. The summed E-state index contributed by atoms with van der Waals surface area (Å²) in [6.45, 7) is 5.28. The number of nitrogens with zero attached hydrogens (tertiary/aromatic N) is 4. The van der Waals surface area contributed by atoms with Crippen molar-refractivity contribution in [3.8, 4) is 17.2 Å². The third-order valence-electron chi connectivity index (χ3n) is 4.68. The lowest BCUT2D eigenvalue weighted by atomic mass is 10.1. The number of ketones is 1. The quantitative estimate of drug-likeness (QED) is 0.596. The number of rotatable bonds is 6. The highest BCUT2D eigenvalue weighted by Crippen LogP contribution is 2.37. The molecule has 2 aromatic carbocycles. The van der Waals surface area contributed by atoms with Gasteiger partial charge in [0.15, 0.2) is 23.1 Å². The highest BCUT2D eigenvalue weighted by atomic mass is 16.7. The van der Waals surface area contributed by atoms with Crippen molar-refractivity contribution in [1.82, 2.24) is 20.2 Å². The molecule has 3 aromatic rings. The second kappa shape index (κ2) is 7.82. The molecule has 1 aliphatic heterocycles. The zero-order chi connectivity index (χ0) is 21.3. The van der Waals surface area contributed by atoms with Crippen molar-refractivity contribution in [2.45, 2.75) is 20.8 Å². The van der Waals surface area contributed by atoms with Crippen molar-refractivity contribution in [3.05, 3.63) is 47.3 Å². The molecule has 1 aromatic heterocycles. The van der Waals surface area contributed by atoms with Crippen LogP contribution in [0.2, 0.25) is 0 Å². The van der Waals surface area contributed by atoms with Crippen LogP contribution < -0.4 is 20.1 Å². The van der Waals surface area contributed by atoms with E-state index in [1.807, 2.05) is 32.0 Å². The van der Waals surface area contributed by atoms with Gasteiger partial charge in [0.2, 0.25) is 12.7 Å². The van der Waals surface area contributed by atoms with Gasteiger partial charge in [-0.15, -0.1) is 5.10 Å². The van der Waals surface area contributed by atoms with Gasteiger partial charge in [-0.1, -0.05) is 6.07 Å². The zero-order valence-corrected chi connectivity index (χ0v) is 16.7. The van der Waals surface area contributed by atoms with E-state index in [2.05, 4.69) is 26.2 Å².